The van der Waals surface area contributed by atoms with Crippen molar-refractivity contribution in [3.63, 3.8) is 0 Å². The predicted molar refractivity (Wildman–Crippen MR) is 44.1 cm³/mol. The van der Waals surface area contributed by atoms with Crippen LogP contribution in [0.15, 0.2) is 0 Å². The highest BCUT2D eigenvalue weighted by Gasteiger charge is 2.26. The number of hydrogen-bond donors (Lipinski definition) is 1. The Morgan fingerprint density at radius 2 is 1.67 bits per heavy atom. The predicted octanol–water partition coefficient (Wildman–Crippen LogP) is 2.11. The van der Waals surface area contributed by atoms with Gasteiger partial charge in [0.2, 0.25) is 0 Å². The Hall–Kier alpha value is 0.0400. The van der Waals surface area contributed by atoms with Crippen LogP contribution >= 0.6 is 7.91 Å². The first-order valence-corrected chi connectivity index (χ1v) is 5.21. The van der Waals surface area contributed by atoms with E-state index in [2.05, 4.69) is 4.62 Å². The van der Waals surface area contributed by atoms with Crippen LogP contribution in [0.3, 0.4) is 0 Å². The maximum Gasteiger partial charge on any atom is 0.527 e. The van der Waals surface area contributed by atoms with Gasteiger partial charge in [-0.1, -0.05) is 0 Å². The molecule has 1 atom stereocenters. The van der Waals surface area contributed by atoms with E-state index in [4.69, 9.17) is 4.89 Å². The lowest BCUT2D eigenvalue weighted by Crippen LogP contribution is -2.35. The molecule has 6 heteroatoms. The number of hydroxylamine groups is 2. The summed E-state index contributed by atoms with van der Waals surface area (Å²) in [5.41, 5.74) is 0. The molecule has 0 rings (SSSR count). The zero-order valence-electron chi connectivity index (χ0n) is 7.69. The third-order valence-corrected chi connectivity index (χ3v) is 1.60. The van der Waals surface area contributed by atoms with Crippen LogP contribution in [0.25, 0.3) is 0 Å². The van der Waals surface area contributed by atoms with Crippen LogP contribution in [-0.4, -0.2) is 22.0 Å². The van der Waals surface area contributed by atoms with Gasteiger partial charge >= 0.3 is 7.91 Å². The van der Waals surface area contributed by atoms with Crippen LogP contribution in [0.1, 0.15) is 27.7 Å². The van der Waals surface area contributed by atoms with Crippen molar-refractivity contribution in [3.05, 3.63) is 0 Å². The molecule has 1 unspecified atom stereocenters. The molecule has 0 aromatic heterocycles. The van der Waals surface area contributed by atoms with Gasteiger partial charge in [-0.05, 0) is 27.7 Å². The van der Waals surface area contributed by atoms with Gasteiger partial charge in [0.05, 0.1) is 0 Å². The molecule has 0 fully saturated rings. The molecular weight excluding hydrogens is 184 g/mol. The largest absolute Gasteiger partial charge is 0.527 e. The lowest BCUT2D eigenvalue weighted by molar-refractivity contribution is -0.124. The molecule has 0 radical (unpaired) electrons. The van der Waals surface area contributed by atoms with Crippen LogP contribution in [-0.2, 0) is 9.19 Å². The maximum absolute atomic E-state index is 12.2. The van der Waals surface area contributed by atoms with Crippen molar-refractivity contribution in [1.82, 2.24) is 5.06 Å². The molecule has 74 valence electrons. The summed E-state index contributed by atoms with van der Waals surface area (Å²) in [5, 5.41) is 1.15. The van der Waals surface area contributed by atoms with Gasteiger partial charge in [-0.3, -0.25) is 4.89 Å². The minimum absolute atomic E-state index is 0.138. The molecule has 0 aliphatic rings. The smallest absolute Gasteiger partial charge is 0.298 e. The fourth-order valence-corrected chi connectivity index (χ4v) is 1.51. The highest BCUT2D eigenvalue weighted by Crippen LogP contribution is 2.45. The van der Waals surface area contributed by atoms with Gasteiger partial charge in [0.15, 0.2) is 0 Å². The normalized spacial score (nSPS) is 17.4. The van der Waals surface area contributed by atoms with E-state index in [1.54, 1.807) is 27.7 Å². The summed E-state index contributed by atoms with van der Waals surface area (Å²) >= 11 is 0. The molecule has 0 aliphatic carbocycles. The number of nitrogens with zero attached hydrogens (tertiary/aromatic N) is 1. The average molecular weight is 199 g/mol. The molecule has 0 aromatic carbocycles. The van der Waals surface area contributed by atoms with Gasteiger partial charge in [-0.2, -0.15) is 9.69 Å². The van der Waals surface area contributed by atoms with Gasteiger partial charge in [0.1, 0.15) is 0 Å². The Balaban J connectivity index is 4.25. The van der Waals surface area contributed by atoms with E-state index in [0.29, 0.717) is 0 Å². The fraction of sp³-hybridized carbons (Fsp3) is 1.00. The highest BCUT2D eigenvalue weighted by molar-refractivity contribution is 7.46. The van der Waals surface area contributed by atoms with Crippen molar-refractivity contribution in [1.29, 1.82) is 0 Å². The van der Waals surface area contributed by atoms with Crippen LogP contribution in [0.5, 0.6) is 0 Å². The molecule has 0 heterocycles. The minimum Gasteiger partial charge on any atom is -0.298 e. The quantitative estimate of drug-likeness (QED) is 0.556. The first-order valence-electron chi connectivity index (χ1n) is 3.74. The van der Waals surface area contributed by atoms with Gasteiger partial charge in [0.25, 0.3) is 0 Å². The summed E-state index contributed by atoms with van der Waals surface area (Å²) in [6.45, 7) is 6.98. The second-order valence-corrected chi connectivity index (χ2v) is 4.15. The summed E-state index contributed by atoms with van der Waals surface area (Å²) < 4.78 is 26.7. The monoisotopic (exact) mass is 199 g/mol. The summed E-state index contributed by atoms with van der Waals surface area (Å²) in [4.78, 5) is 8.31. The van der Waals surface area contributed by atoms with E-state index < -0.39 is 7.91 Å². The van der Waals surface area contributed by atoms with Gasteiger partial charge in [-0.25, -0.2) is 4.57 Å². The molecule has 0 aliphatic heterocycles. The summed E-state index contributed by atoms with van der Waals surface area (Å²) in [6, 6.07) is -0.276. The van der Waals surface area contributed by atoms with E-state index in [0.717, 1.165) is 5.06 Å². The number of halogens is 1. The highest BCUT2D eigenvalue weighted by atomic mass is 31.2. The number of hydrogen-bond acceptors (Lipinski definition) is 3. The second kappa shape index (κ2) is 4.33. The Morgan fingerprint density at radius 3 is 1.75 bits per heavy atom. The molecule has 0 aromatic rings. The van der Waals surface area contributed by atoms with E-state index >= 15 is 0 Å². The third-order valence-electron chi connectivity index (χ3n) is 1.21. The van der Waals surface area contributed by atoms with Crippen molar-refractivity contribution in [2.45, 2.75) is 39.8 Å². The Kier molecular flexibility index (Phi) is 4.34. The van der Waals surface area contributed by atoms with Crippen LogP contribution < -0.4 is 0 Å². The lowest BCUT2D eigenvalue weighted by Gasteiger charge is -2.28. The molecule has 0 saturated carbocycles. The molecular formula is C6H15FNO3P. The molecule has 0 amide bonds. The Bertz CT molecular complexity index is 172. The van der Waals surface area contributed by atoms with Crippen molar-refractivity contribution < 1.29 is 18.3 Å². The zero-order chi connectivity index (χ0) is 9.94. The molecule has 1 N–H and O–H groups in total. The van der Waals surface area contributed by atoms with Crippen LogP contribution in [0, 0.1) is 0 Å². The summed E-state index contributed by atoms with van der Waals surface area (Å²) in [5.74, 6) is 0. The van der Waals surface area contributed by atoms with Crippen LogP contribution in [0.2, 0.25) is 0 Å². The van der Waals surface area contributed by atoms with E-state index in [-0.39, 0.29) is 12.1 Å². The topological polar surface area (TPSA) is 49.8 Å². The van der Waals surface area contributed by atoms with Gasteiger partial charge < -0.3 is 0 Å². The summed E-state index contributed by atoms with van der Waals surface area (Å²) in [6.07, 6.45) is 0. The minimum atomic E-state index is -4.90. The van der Waals surface area contributed by atoms with E-state index in [1.807, 2.05) is 0 Å². The third kappa shape index (κ3) is 4.83. The lowest BCUT2D eigenvalue weighted by atomic mass is 10.3. The second-order valence-electron chi connectivity index (χ2n) is 3.08. The molecule has 4 nitrogen and oxygen atoms in total. The molecule has 0 bridgehead atoms. The standard InChI is InChI=1S/C6H15FNO3P/c1-5(2)8(6(3)4)11-12(7,9)10/h5-6H,1-4H3,(H,9,10). The van der Waals surface area contributed by atoms with Gasteiger partial charge in [0, 0.05) is 12.1 Å². The Morgan fingerprint density at radius 1 is 1.33 bits per heavy atom. The first kappa shape index (κ1) is 12.0. The van der Waals surface area contributed by atoms with Crippen molar-refractivity contribution in [2.75, 3.05) is 0 Å². The van der Waals surface area contributed by atoms with Gasteiger partial charge in [-0.15, -0.1) is 4.20 Å². The van der Waals surface area contributed by atoms with E-state index in [9.17, 15) is 8.76 Å². The fourth-order valence-electron chi connectivity index (χ4n) is 0.901. The summed E-state index contributed by atoms with van der Waals surface area (Å²) in [7, 11) is -4.90. The first-order chi connectivity index (χ1) is 5.24. The SMILES string of the molecule is CC(C)N(OP(=O)(O)F)C(C)C. The number of rotatable bonds is 4. The Labute approximate surface area is 71.9 Å². The van der Waals surface area contributed by atoms with Crippen molar-refractivity contribution in [2.24, 2.45) is 0 Å². The van der Waals surface area contributed by atoms with Crippen LogP contribution in [0.4, 0.5) is 4.20 Å². The molecule has 0 saturated heterocycles. The van der Waals surface area contributed by atoms with Crippen molar-refractivity contribution >= 4 is 7.91 Å². The average Bonchev–Trinajstić information content (AvgIpc) is 1.79. The van der Waals surface area contributed by atoms with E-state index in [1.165, 1.54) is 0 Å². The maximum atomic E-state index is 12.2. The zero-order valence-corrected chi connectivity index (χ0v) is 8.59. The van der Waals surface area contributed by atoms with Crippen molar-refractivity contribution in [3.8, 4) is 0 Å². The molecule has 0 spiro atoms. The molecule has 12 heavy (non-hydrogen) atoms.